The Morgan fingerprint density at radius 2 is 2.12 bits per heavy atom. The number of thioether (sulfide) groups is 1. The summed E-state index contributed by atoms with van der Waals surface area (Å²) in [5.41, 5.74) is 0. The van der Waals surface area contributed by atoms with Gasteiger partial charge in [0, 0.05) is 25.4 Å². The number of nitrogens with zero attached hydrogens (tertiary/aromatic N) is 1. The van der Waals surface area contributed by atoms with Gasteiger partial charge in [0.25, 0.3) is 0 Å². The minimum Gasteiger partial charge on any atom is -0.341 e. The average Bonchev–Trinajstić information content (AvgIpc) is 3.01. The summed E-state index contributed by atoms with van der Waals surface area (Å²) in [6.45, 7) is 4.01. The number of piperidine rings is 1. The van der Waals surface area contributed by atoms with Gasteiger partial charge in [0.1, 0.15) is 0 Å². The lowest BCUT2D eigenvalue weighted by molar-refractivity contribution is -0.133. The van der Waals surface area contributed by atoms with Crippen molar-refractivity contribution in [1.29, 1.82) is 0 Å². The van der Waals surface area contributed by atoms with Gasteiger partial charge in [-0.1, -0.05) is 0 Å². The van der Waals surface area contributed by atoms with E-state index in [1.807, 2.05) is 11.8 Å². The molecule has 17 heavy (non-hydrogen) atoms. The standard InChI is InChI=1S/C12H21N3OS/c16-11(15-6-2-1-3-7-15)10-8-17-12(14-10)4-5-13-9-12/h10,13-14H,1-9H2/t10-,12?/m0/s1. The molecule has 96 valence electrons. The quantitative estimate of drug-likeness (QED) is 0.712. The molecule has 1 amide bonds. The van der Waals surface area contributed by atoms with E-state index in [1.54, 1.807) is 0 Å². The van der Waals surface area contributed by atoms with Gasteiger partial charge < -0.3 is 10.2 Å². The molecule has 0 radical (unpaired) electrons. The van der Waals surface area contributed by atoms with Crippen LogP contribution in [-0.2, 0) is 4.79 Å². The molecule has 3 heterocycles. The highest BCUT2D eigenvalue weighted by atomic mass is 32.2. The van der Waals surface area contributed by atoms with Crippen molar-refractivity contribution in [2.75, 3.05) is 31.9 Å². The largest absolute Gasteiger partial charge is 0.341 e. The molecule has 0 aliphatic carbocycles. The third-order valence-corrected chi connectivity index (χ3v) is 5.56. The Hall–Kier alpha value is -0.260. The summed E-state index contributed by atoms with van der Waals surface area (Å²) in [6, 6.07) is 0.0537. The highest BCUT2D eigenvalue weighted by molar-refractivity contribution is 8.01. The molecule has 3 aliphatic heterocycles. The van der Waals surface area contributed by atoms with Crippen LogP contribution in [0, 0.1) is 0 Å². The zero-order valence-corrected chi connectivity index (χ0v) is 11.0. The highest BCUT2D eigenvalue weighted by Crippen LogP contribution is 2.35. The zero-order valence-electron chi connectivity index (χ0n) is 10.2. The summed E-state index contributed by atoms with van der Waals surface area (Å²) in [5, 5.41) is 6.96. The molecule has 0 bridgehead atoms. The lowest BCUT2D eigenvalue weighted by atomic mass is 10.1. The molecule has 3 fully saturated rings. The molecule has 3 saturated heterocycles. The fourth-order valence-corrected chi connectivity index (χ4v) is 4.41. The first kappa shape index (κ1) is 11.8. The van der Waals surface area contributed by atoms with Gasteiger partial charge in [-0.25, -0.2) is 0 Å². The molecule has 0 aromatic rings. The van der Waals surface area contributed by atoms with E-state index in [4.69, 9.17) is 0 Å². The number of carbonyl (C=O) groups is 1. The van der Waals surface area contributed by atoms with Crippen LogP contribution >= 0.6 is 11.8 Å². The molecule has 2 N–H and O–H groups in total. The van der Waals surface area contributed by atoms with Crippen molar-refractivity contribution in [3.05, 3.63) is 0 Å². The fourth-order valence-electron chi connectivity index (χ4n) is 3.03. The van der Waals surface area contributed by atoms with E-state index < -0.39 is 0 Å². The van der Waals surface area contributed by atoms with Crippen LogP contribution in [0.4, 0.5) is 0 Å². The van der Waals surface area contributed by atoms with Crippen LogP contribution in [0.2, 0.25) is 0 Å². The van der Waals surface area contributed by atoms with Gasteiger partial charge in [0.15, 0.2) is 0 Å². The van der Waals surface area contributed by atoms with Gasteiger partial charge in [-0.05, 0) is 32.2 Å². The smallest absolute Gasteiger partial charge is 0.240 e. The summed E-state index contributed by atoms with van der Waals surface area (Å²) in [4.78, 5) is 14.6. The Morgan fingerprint density at radius 3 is 2.82 bits per heavy atom. The summed E-state index contributed by atoms with van der Waals surface area (Å²) < 4.78 is 0. The summed E-state index contributed by atoms with van der Waals surface area (Å²) in [6.07, 6.45) is 4.78. The third kappa shape index (κ3) is 2.33. The second kappa shape index (κ2) is 4.78. The summed E-state index contributed by atoms with van der Waals surface area (Å²) >= 11 is 1.93. The second-order valence-electron chi connectivity index (χ2n) is 5.31. The van der Waals surface area contributed by atoms with Crippen LogP contribution in [0.15, 0.2) is 0 Å². The predicted molar refractivity (Wildman–Crippen MR) is 70.0 cm³/mol. The van der Waals surface area contributed by atoms with Crippen LogP contribution in [-0.4, -0.2) is 53.7 Å². The van der Waals surface area contributed by atoms with Crippen molar-refractivity contribution in [3.8, 4) is 0 Å². The van der Waals surface area contributed by atoms with Gasteiger partial charge in [0.2, 0.25) is 5.91 Å². The maximum absolute atomic E-state index is 12.4. The first-order valence-electron chi connectivity index (χ1n) is 6.70. The Labute approximate surface area is 107 Å². The molecule has 5 heteroatoms. The van der Waals surface area contributed by atoms with Crippen molar-refractivity contribution >= 4 is 17.7 Å². The second-order valence-corrected chi connectivity index (χ2v) is 6.72. The Balaban J connectivity index is 1.59. The van der Waals surface area contributed by atoms with Gasteiger partial charge in [-0.15, -0.1) is 11.8 Å². The number of hydrogen-bond donors (Lipinski definition) is 2. The van der Waals surface area contributed by atoms with Crippen LogP contribution in [0.5, 0.6) is 0 Å². The molecule has 3 aliphatic rings. The molecule has 1 spiro atoms. The van der Waals surface area contributed by atoms with Crippen molar-refractivity contribution in [2.24, 2.45) is 0 Å². The van der Waals surface area contributed by atoms with E-state index in [0.29, 0.717) is 5.91 Å². The van der Waals surface area contributed by atoms with Gasteiger partial charge in [0.05, 0.1) is 10.9 Å². The Morgan fingerprint density at radius 1 is 1.29 bits per heavy atom. The fraction of sp³-hybridized carbons (Fsp3) is 0.917. The van der Waals surface area contributed by atoms with E-state index in [0.717, 1.165) is 38.4 Å². The van der Waals surface area contributed by atoms with Crippen LogP contribution in [0.25, 0.3) is 0 Å². The van der Waals surface area contributed by atoms with Gasteiger partial charge in [-0.3, -0.25) is 10.1 Å². The molecule has 1 unspecified atom stereocenters. The normalized spacial score (nSPS) is 37.9. The van der Waals surface area contributed by atoms with E-state index >= 15 is 0 Å². The van der Waals surface area contributed by atoms with Crippen LogP contribution in [0.1, 0.15) is 25.7 Å². The van der Waals surface area contributed by atoms with Crippen LogP contribution < -0.4 is 10.6 Å². The van der Waals surface area contributed by atoms with Gasteiger partial charge >= 0.3 is 0 Å². The monoisotopic (exact) mass is 255 g/mol. The number of rotatable bonds is 1. The highest BCUT2D eigenvalue weighted by Gasteiger charge is 2.44. The van der Waals surface area contributed by atoms with Crippen molar-refractivity contribution in [1.82, 2.24) is 15.5 Å². The average molecular weight is 255 g/mol. The molecule has 0 aromatic heterocycles. The maximum Gasteiger partial charge on any atom is 0.240 e. The molecule has 0 saturated carbocycles. The number of nitrogens with one attached hydrogen (secondary N) is 2. The van der Waals surface area contributed by atoms with Crippen molar-refractivity contribution in [3.63, 3.8) is 0 Å². The third-order valence-electron chi connectivity index (χ3n) is 4.05. The van der Waals surface area contributed by atoms with E-state index in [1.165, 1.54) is 19.3 Å². The first-order chi connectivity index (χ1) is 8.29. The van der Waals surface area contributed by atoms with Gasteiger partial charge in [-0.2, -0.15) is 0 Å². The molecule has 4 nitrogen and oxygen atoms in total. The number of carbonyl (C=O) groups excluding carboxylic acids is 1. The topological polar surface area (TPSA) is 44.4 Å². The van der Waals surface area contributed by atoms with Crippen molar-refractivity contribution in [2.45, 2.75) is 36.6 Å². The SMILES string of the molecule is O=C([C@@H]1CSC2(CCNC2)N1)N1CCCCC1. The Kier molecular flexibility index (Phi) is 3.32. The lowest BCUT2D eigenvalue weighted by Crippen LogP contribution is -2.52. The lowest BCUT2D eigenvalue weighted by Gasteiger charge is -2.30. The molecule has 0 aromatic carbocycles. The minimum absolute atomic E-state index is 0.0537. The minimum atomic E-state index is 0.0537. The number of amides is 1. The predicted octanol–water partition coefficient (Wildman–Crippen LogP) is 0.394. The molecular formula is C12H21N3OS. The maximum atomic E-state index is 12.4. The van der Waals surface area contributed by atoms with E-state index in [2.05, 4.69) is 15.5 Å². The van der Waals surface area contributed by atoms with E-state index in [9.17, 15) is 4.79 Å². The number of hydrogen-bond acceptors (Lipinski definition) is 4. The summed E-state index contributed by atoms with van der Waals surface area (Å²) in [7, 11) is 0. The first-order valence-corrected chi connectivity index (χ1v) is 7.69. The number of likely N-dealkylation sites (tertiary alicyclic amines) is 1. The zero-order chi connectivity index (χ0) is 11.7. The molecule has 2 atom stereocenters. The van der Waals surface area contributed by atoms with E-state index in [-0.39, 0.29) is 10.9 Å². The molecular weight excluding hydrogens is 234 g/mol. The Bertz CT molecular complexity index is 298. The van der Waals surface area contributed by atoms with Crippen LogP contribution in [0.3, 0.4) is 0 Å². The molecule has 3 rings (SSSR count). The van der Waals surface area contributed by atoms with Crippen molar-refractivity contribution < 1.29 is 4.79 Å². The summed E-state index contributed by atoms with van der Waals surface area (Å²) in [5.74, 6) is 1.28.